The van der Waals surface area contributed by atoms with Gasteiger partial charge in [0, 0.05) is 4.57 Å². The zero-order chi connectivity index (χ0) is 5.70. The predicted molar refractivity (Wildman–Crippen MR) is 24.8 cm³/mol. The average Bonchev–Trinajstić information content (AvgIpc) is 1.61. The second kappa shape index (κ2) is 4.15. The lowest BCUT2D eigenvalue weighted by Crippen LogP contribution is -2.07. The van der Waals surface area contributed by atoms with Crippen molar-refractivity contribution >= 4 is 8.25 Å². The van der Waals surface area contributed by atoms with Crippen LogP contribution in [0.2, 0.25) is 0 Å². The second-order valence-electron chi connectivity index (χ2n) is 0.865. The Kier molecular flexibility index (Phi) is 4.14. The van der Waals surface area contributed by atoms with Gasteiger partial charge in [-0.05, 0) is 7.05 Å². The molecule has 0 aliphatic carbocycles. The van der Waals surface area contributed by atoms with Gasteiger partial charge in [-0.3, -0.25) is 5.32 Å². The summed E-state index contributed by atoms with van der Waals surface area (Å²) >= 11 is 0. The molecule has 0 aliphatic rings. The summed E-state index contributed by atoms with van der Waals surface area (Å²) in [5.74, 6) is 0. The molecule has 0 bridgehead atoms. The largest absolute Gasteiger partial charge is 0.696 e. The third kappa shape index (κ3) is 5.98. The van der Waals surface area contributed by atoms with Crippen molar-refractivity contribution in [3.8, 4) is 0 Å². The summed E-state index contributed by atoms with van der Waals surface area (Å²) in [6, 6.07) is 0. The summed E-state index contributed by atoms with van der Waals surface area (Å²) in [6.45, 7) is 0.117. The Morgan fingerprint density at radius 2 is 2.57 bits per heavy atom. The van der Waals surface area contributed by atoms with E-state index in [-0.39, 0.29) is 6.73 Å². The molecule has 2 N–H and O–H groups in total. The fourth-order valence-corrected chi connectivity index (χ4v) is 0.359. The van der Waals surface area contributed by atoms with Crippen LogP contribution in [0.25, 0.3) is 0 Å². The van der Waals surface area contributed by atoms with Crippen LogP contribution in [0.3, 0.4) is 0 Å². The van der Waals surface area contributed by atoms with Crippen LogP contribution < -0.4 is 5.32 Å². The summed E-state index contributed by atoms with van der Waals surface area (Å²) in [4.78, 5) is 7.93. The van der Waals surface area contributed by atoms with E-state index in [1.807, 2.05) is 0 Å². The third-order valence-corrected chi connectivity index (χ3v) is 0.669. The summed E-state index contributed by atoms with van der Waals surface area (Å²) in [5.41, 5.74) is 0. The van der Waals surface area contributed by atoms with E-state index >= 15 is 0 Å². The highest BCUT2D eigenvalue weighted by molar-refractivity contribution is 7.32. The molecule has 4 nitrogen and oxygen atoms in total. The van der Waals surface area contributed by atoms with Gasteiger partial charge in [0.05, 0.1) is 0 Å². The summed E-state index contributed by atoms with van der Waals surface area (Å²) in [6.07, 6.45) is 0. The molecule has 0 aliphatic heterocycles. The van der Waals surface area contributed by atoms with Crippen LogP contribution in [-0.2, 0) is 9.09 Å². The second-order valence-corrected chi connectivity index (χ2v) is 1.60. The van der Waals surface area contributed by atoms with Crippen molar-refractivity contribution in [1.29, 1.82) is 0 Å². The van der Waals surface area contributed by atoms with Crippen LogP contribution in [0, 0.1) is 0 Å². The molecule has 0 aromatic heterocycles. The zero-order valence-corrected chi connectivity index (χ0v) is 4.81. The van der Waals surface area contributed by atoms with Crippen molar-refractivity contribution in [1.82, 2.24) is 5.32 Å². The Morgan fingerprint density at radius 3 is 2.71 bits per heavy atom. The van der Waals surface area contributed by atoms with Crippen molar-refractivity contribution in [2.75, 3.05) is 13.8 Å². The lowest BCUT2D eigenvalue weighted by Gasteiger charge is -1.81. The Hall–Kier alpha value is -0.0200. The quantitative estimate of drug-likeness (QED) is 0.405. The Bertz CT molecular complexity index is 66.0. The van der Waals surface area contributed by atoms with E-state index in [9.17, 15) is 4.57 Å². The maximum absolute atomic E-state index is 9.64. The molecule has 7 heavy (non-hydrogen) atoms. The molecule has 0 heterocycles. The monoisotopic (exact) mass is 124 g/mol. The van der Waals surface area contributed by atoms with E-state index in [0.717, 1.165) is 0 Å². The fourth-order valence-electron chi connectivity index (χ4n) is 0.120. The third-order valence-electron chi connectivity index (χ3n) is 0.319. The van der Waals surface area contributed by atoms with Gasteiger partial charge in [-0.2, -0.15) is 0 Å². The van der Waals surface area contributed by atoms with E-state index in [1.165, 1.54) is 0 Å². The van der Waals surface area contributed by atoms with Crippen molar-refractivity contribution in [2.24, 2.45) is 0 Å². The minimum absolute atomic E-state index is 0.117. The lowest BCUT2D eigenvalue weighted by atomic mass is 11.2. The summed E-state index contributed by atoms with van der Waals surface area (Å²) in [7, 11) is -0.795. The van der Waals surface area contributed by atoms with Crippen LogP contribution in [0.4, 0.5) is 0 Å². The highest BCUT2D eigenvalue weighted by atomic mass is 31.1. The van der Waals surface area contributed by atoms with Crippen LogP contribution in [-0.4, -0.2) is 18.7 Å². The highest BCUT2D eigenvalue weighted by Crippen LogP contribution is 2.11. The summed E-state index contributed by atoms with van der Waals surface area (Å²) < 4.78 is 13.8. The molecular weight excluding hydrogens is 117 g/mol. The Balaban J connectivity index is 2.82. The van der Waals surface area contributed by atoms with Crippen molar-refractivity contribution in [2.45, 2.75) is 0 Å². The van der Waals surface area contributed by atoms with Gasteiger partial charge in [-0.25, -0.2) is 0 Å². The normalized spacial score (nSPS) is 11.4. The van der Waals surface area contributed by atoms with Gasteiger partial charge in [-0.15, -0.1) is 9.42 Å². The molecule has 1 atom stereocenters. The van der Waals surface area contributed by atoms with Crippen LogP contribution in [0.5, 0.6) is 0 Å². The van der Waals surface area contributed by atoms with Gasteiger partial charge in [0.2, 0.25) is 0 Å². The molecule has 0 amide bonds. The highest BCUT2D eigenvalue weighted by Gasteiger charge is 2.08. The summed E-state index contributed by atoms with van der Waals surface area (Å²) in [5, 5.41) is 2.53. The molecule has 0 rings (SSSR count). The maximum atomic E-state index is 9.64. The molecule has 0 spiro atoms. The maximum Gasteiger partial charge on any atom is 0.696 e. The topological polar surface area (TPSA) is 58.6 Å². The van der Waals surface area contributed by atoms with Crippen LogP contribution in [0.1, 0.15) is 0 Å². The molecule has 0 fully saturated rings. The number of nitrogens with one attached hydrogen (secondary N) is 1. The first kappa shape index (κ1) is 6.98. The van der Waals surface area contributed by atoms with Gasteiger partial charge in [0.25, 0.3) is 0 Å². The van der Waals surface area contributed by atoms with Crippen LogP contribution in [0.15, 0.2) is 0 Å². The molecule has 42 valence electrons. The Labute approximate surface area is 42.4 Å². The van der Waals surface area contributed by atoms with E-state index < -0.39 is 8.25 Å². The first-order chi connectivity index (χ1) is 3.27. The first-order valence-corrected chi connectivity index (χ1v) is 2.84. The van der Waals surface area contributed by atoms with E-state index in [4.69, 9.17) is 4.89 Å². The predicted octanol–water partition coefficient (Wildman–Crippen LogP) is -0.170. The average molecular weight is 124 g/mol. The fraction of sp³-hybridized carbons (Fsp3) is 1.00. The molecule has 0 saturated heterocycles. The van der Waals surface area contributed by atoms with Gasteiger partial charge in [0.1, 0.15) is 0 Å². The minimum Gasteiger partial charge on any atom is -0.294 e. The van der Waals surface area contributed by atoms with Crippen molar-refractivity contribution < 1.29 is 14.0 Å². The number of rotatable bonds is 3. The van der Waals surface area contributed by atoms with Gasteiger partial charge < -0.3 is 0 Å². The van der Waals surface area contributed by atoms with E-state index in [2.05, 4.69) is 9.84 Å². The van der Waals surface area contributed by atoms with Gasteiger partial charge >= 0.3 is 8.25 Å². The van der Waals surface area contributed by atoms with E-state index in [1.54, 1.807) is 7.05 Å². The minimum atomic E-state index is -2.42. The Morgan fingerprint density at radius 1 is 2.00 bits per heavy atom. The molecule has 0 aromatic rings. The first-order valence-electron chi connectivity index (χ1n) is 1.71. The lowest BCUT2D eigenvalue weighted by molar-refractivity contribution is 0.266. The number of hydrogen-bond acceptors (Lipinski definition) is 3. The number of hydrogen-bond donors (Lipinski definition) is 2. The van der Waals surface area contributed by atoms with Crippen molar-refractivity contribution in [3.05, 3.63) is 0 Å². The SMILES string of the molecule is CNCO[P+](=O)O. The molecule has 0 saturated carbocycles. The molecule has 0 radical (unpaired) electrons. The van der Waals surface area contributed by atoms with E-state index in [0.29, 0.717) is 0 Å². The van der Waals surface area contributed by atoms with Crippen LogP contribution >= 0.6 is 8.25 Å². The smallest absolute Gasteiger partial charge is 0.294 e. The molecule has 0 aromatic carbocycles. The van der Waals surface area contributed by atoms with Gasteiger partial charge in [-0.1, -0.05) is 0 Å². The molecular formula is C2H7NO3P+. The molecule has 5 heteroatoms. The molecule has 1 unspecified atom stereocenters. The standard InChI is InChI=1S/C2H6NO3P/c1-3-2-6-7(4)5/h3H,2H2,1H3/p+1. The van der Waals surface area contributed by atoms with Gasteiger partial charge in [0.15, 0.2) is 6.73 Å². The van der Waals surface area contributed by atoms with Crippen molar-refractivity contribution in [3.63, 3.8) is 0 Å². The zero-order valence-electron chi connectivity index (χ0n) is 3.92.